The Morgan fingerprint density at radius 3 is 2.35 bits per heavy atom. The van der Waals surface area contributed by atoms with E-state index in [9.17, 15) is 14.7 Å². The Hall–Kier alpha value is -4.28. The van der Waals surface area contributed by atoms with Crippen LogP contribution in [0.4, 0.5) is 0 Å². The Morgan fingerprint density at radius 2 is 1.62 bits per heavy atom. The maximum atomic E-state index is 12.4. The number of rotatable bonds is 14. The fourth-order valence-electron chi connectivity index (χ4n) is 6.26. The van der Waals surface area contributed by atoms with Crippen molar-refractivity contribution in [3.05, 3.63) is 106 Å². The van der Waals surface area contributed by atoms with Gasteiger partial charge in [-0.05, 0) is 97.4 Å². The summed E-state index contributed by atoms with van der Waals surface area (Å²) in [5, 5.41) is 8.73. The number of fused-ring (bicyclic) bond motifs is 1. The zero-order valence-electron chi connectivity index (χ0n) is 28.5. The SMILES string of the molecule is CCC(CC)(CN(C)Cc1cc(C)c(OCc2cccc(-c3ccc4c(c3)OCCO4)c2C)cc1OCc1cccc(C#N)c1)[PH](=O)O. The van der Waals surface area contributed by atoms with E-state index < -0.39 is 13.2 Å². The molecule has 1 aliphatic heterocycles. The van der Waals surface area contributed by atoms with Gasteiger partial charge in [-0.1, -0.05) is 50.2 Å². The lowest BCUT2D eigenvalue weighted by Crippen LogP contribution is -2.37. The lowest BCUT2D eigenvalue weighted by atomic mass is 9.96. The van der Waals surface area contributed by atoms with Crippen LogP contribution in [-0.2, 0) is 24.3 Å². The summed E-state index contributed by atoms with van der Waals surface area (Å²) in [6, 6.07) is 25.9. The van der Waals surface area contributed by atoms with Crippen molar-refractivity contribution in [1.82, 2.24) is 4.90 Å². The summed E-state index contributed by atoms with van der Waals surface area (Å²) in [5.41, 5.74) is 7.73. The van der Waals surface area contributed by atoms with Crippen LogP contribution in [0.2, 0.25) is 0 Å². The molecule has 9 heteroatoms. The van der Waals surface area contributed by atoms with Crippen molar-refractivity contribution in [3.8, 4) is 40.2 Å². The van der Waals surface area contributed by atoms with Gasteiger partial charge < -0.3 is 28.7 Å². The van der Waals surface area contributed by atoms with E-state index >= 15 is 0 Å². The van der Waals surface area contributed by atoms with Gasteiger partial charge in [0.2, 0.25) is 0 Å². The second kappa shape index (κ2) is 15.7. The zero-order valence-corrected chi connectivity index (χ0v) is 29.5. The Morgan fingerprint density at radius 1 is 0.896 bits per heavy atom. The van der Waals surface area contributed by atoms with Crippen molar-refractivity contribution in [2.75, 3.05) is 26.8 Å². The largest absolute Gasteiger partial charge is 0.488 e. The third-order valence-corrected chi connectivity index (χ3v) is 11.1. The van der Waals surface area contributed by atoms with Crippen LogP contribution < -0.4 is 18.9 Å². The fraction of sp³-hybridized carbons (Fsp3) is 0.359. The summed E-state index contributed by atoms with van der Waals surface area (Å²) in [5.74, 6) is 2.90. The van der Waals surface area contributed by atoms with Gasteiger partial charge in [0.1, 0.15) is 37.9 Å². The molecule has 1 aliphatic rings. The number of hydrogen-bond acceptors (Lipinski definition) is 7. The third-order valence-electron chi connectivity index (χ3n) is 9.31. The van der Waals surface area contributed by atoms with Crippen LogP contribution in [0.3, 0.4) is 0 Å². The van der Waals surface area contributed by atoms with Crippen molar-refractivity contribution in [1.29, 1.82) is 5.26 Å². The van der Waals surface area contributed by atoms with E-state index in [0.29, 0.717) is 62.8 Å². The molecular formula is C39H45N2O6P. The van der Waals surface area contributed by atoms with E-state index in [1.807, 2.05) is 70.3 Å². The van der Waals surface area contributed by atoms with Crippen LogP contribution in [-0.4, -0.2) is 41.8 Å². The Labute approximate surface area is 284 Å². The Bertz CT molecular complexity index is 1810. The van der Waals surface area contributed by atoms with E-state index in [1.165, 1.54) is 0 Å². The summed E-state index contributed by atoms with van der Waals surface area (Å²) in [6.45, 7) is 10.8. The summed E-state index contributed by atoms with van der Waals surface area (Å²) in [4.78, 5) is 12.3. The maximum absolute atomic E-state index is 12.4. The lowest BCUT2D eigenvalue weighted by Gasteiger charge is -2.33. The molecule has 4 aromatic rings. The highest BCUT2D eigenvalue weighted by Gasteiger charge is 2.33. The predicted octanol–water partition coefficient (Wildman–Crippen LogP) is 8.23. The Kier molecular flexibility index (Phi) is 11.5. The molecule has 0 amide bonds. The smallest absolute Gasteiger partial charge is 0.196 e. The monoisotopic (exact) mass is 668 g/mol. The minimum atomic E-state index is -2.74. The molecule has 5 rings (SSSR count). The molecule has 0 radical (unpaired) electrons. The molecule has 1 N–H and O–H groups in total. The van der Waals surface area contributed by atoms with Crippen LogP contribution in [0.25, 0.3) is 11.1 Å². The van der Waals surface area contributed by atoms with Gasteiger partial charge in [0, 0.05) is 24.7 Å². The number of hydrogen-bond donors (Lipinski definition) is 1. The number of benzene rings is 4. The van der Waals surface area contributed by atoms with E-state index in [-0.39, 0.29) is 6.61 Å². The molecule has 0 aromatic heterocycles. The standard InChI is InChI=1S/C39H45N2O6P/c1-6-39(7-2,48(42)43)26-41(5)23-33-18-27(3)36(21-37(33)46-24-30-11-8-10-29(19-30)22-40)47-25-32-12-9-13-34(28(32)4)31-14-15-35-38(20-31)45-17-16-44-35/h8-15,18-21,48H,6-7,16-17,23-26H2,1-5H3,(H,42,43). The molecule has 1 atom stereocenters. The van der Waals surface area contributed by atoms with Crippen LogP contribution in [0, 0.1) is 25.2 Å². The van der Waals surface area contributed by atoms with Crippen LogP contribution in [0.15, 0.2) is 72.8 Å². The van der Waals surface area contributed by atoms with Crippen molar-refractivity contribution in [2.24, 2.45) is 0 Å². The summed E-state index contributed by atoms with van der Waals surface area (Å²) in [6.07, 6.45) is 1.25. The fourth-order valence-corrected chi connectivity index (χ4v) is 7.27. The second-order valence-corrected chi connectivity index (χ2v) is 14.2. The zero-order chi connectivity index (χ0) is 34.3. The van der Waals surface area contributed by atoms with E-state index in [4.69, 9.17) is 18.9 Å². The van der Waals surface area contributed by atoms with Crippen molar-refractivity contribution >= 4 is 8.03 Å². The van der Waals surface area contributed by atoms with Gasteiger partial charge in [-0.3, -0.25) is 4.57 Å². The molecule has 8 nitrogen and oxygen atoms in total. The van der Waals surface area contributed by atoms with Crippen molar-refractivity contribution < 1.29 is 28.4 Å². The topological polar surface area (TPSA) is 101 Å². The molecule has 252 valence electrons. The highest BCUT2D eigenvalue weighted by atomic mass is 31.1. The van der Waals surface area contributed by atoms with Crippen LogP contribution in [0.5, 0.6) is 23.0 Å². The molecule has 4 aromatic carbocycles. The first-order valence-electron chi connectivity index (χ1n) is 16.4. The summed E-state index contributed by atoms with van der Waals surface area (Å²) >= 11 is 0. The highest BCUT2D eigenvalue weighted by Crippen LogP contribution is 2.42. The first kappa shape index (κ1) is 35.0. The average Bonchev–Trinajstić information content (AvgIpc) is 3.10. The second-order valence-electron chi connectivity index (χ2n) is 12.5. The van der Waals surface area contributed by atoms with Crippen molar-refractivity contribution in [3.63, 3.8) is 0 Å². The number of aryl methyl sites for hydroxylation is 1. The van der Waals surface area contributed by atoms with Gasteiger partial charge >= 0.3 is 0 Å². The minimum absolute atomic E-state index is 0.281. The lowest BCUT2D eigenvalue weighted by molar-refractivity contribution is 0.171. The maximum Gasteiger partial charge on any atom is 0.196 e. The predicted molar refractivity (Wildman–Crippen MR) is 189 cm³/mol. The normalized spacial score (nSPS) is 13.2. The van der Waals surface area contributed by atoms with E-state index in [2.05, 4.69) is 42.2 Å². The van der Waals surface area contributed by atoms with Crippen LogP contribution in [0.1, 0.15) is 60.1 Å². The third kappa shape index (κ3) is 8.05. The van der Waals surface area contributed by atoms with Gasteiger partial charge in [-0.25, -0.2) is 0 Å². The molecule has 1 unspecified atom stereocenters. The molecule has 0 saturated heterocycles. The molecule has 0 bridgehead atoms. The highest BCUT2D eigenvalue weighted by molar-refractivity contribution is 7.40. The van der Waals surface area contributed by atoms with Gasteiger partial charge in [-0.2, -0.15) is 5.26 Å². The van der Waals surface area contributed by atoms with Crippen molar-refractivity contribution in [2.45, 2.75) is 65.5 Å². The number of nitriles is 1. The molecule has 1 heterocycles. The molecule has 48 heavy (non-hydrogen) atoms. The van der Waals surface area contributed by atoms with Gasteiger partial charge in [0.15, 0.2) is 19.5 Å². The van der Waals surface area contributed by atoms with Gasteiger partial charge in [0.25, 0.3) is 0 Å². The number of nitrogens with zero attached hydrogens (tertiary/aromatic N) is 2. The minimum Gasteiger partial charge on any atom is -0.488 e. The molecule has 0 fully saturated rings. The first-order chi connectivity index (χ1) is 23.2. The average molecular weight is 669 g/mol. The van der Waals surface area contributed by atoms with Gasteiger partial charge in [-0.15, -0.1) is 0 Å². The van der Waals surface area contributed by atoms with E-state index in [1.54, 1.807) is 6.07 Å². The molecular weight excluding hydrogens is 623 g/mol. The van der Waals surface area contributed by atoms with E-state index in [0.717, 1.165) is 50.4 Å². The Balaban J connectivity index is 1.39. The van der Waals surface area contributed by atoms with Crippen LogP contribution >= 0.6 is 8.03 Å². The molecule has 0 aliphatic carbocycles. The number of ether oxygens (including phenoxy) is 4. The molecule has 0 saturated carbocycles. The summed E-state index contributed by atoms with van der Waals surface area (Å²) < 4.78 is 36.8. The quantitative estimate of drug-likeness (QED) is 0.134. The molecule has 0 spiro atoms. The first-order valence-corrected chi connectivity index (χ1v) is 17.8. The van der Waals surface area contributed by atoms with Gasteiger partial charge in [0.05, 0.1) is 16.8 Å². The summed E-state index contributed by atoms with van der Waals surface area (Å²) in [7, 11) is -0.766.